The van der Waals surface area contributed by atoms with E-state index in [1.165, 1.54) is 6.42 Å². The molecule has 2 aromatic heterocycles. The van der Waals surface area contributed by atoms with Crippen LogP contribution in [-0.4, -0.2) is 32.9 Å². The first kappa shape index (κ1) is 19.0. The van der Waals surface area contributed by atoms with E-state index in [-0.39, 0.29) is 22.9 Å². The van der Waals surface area contributed by atoms with E-state index in [4.69, 9.17) is 0 Å². The molecule has 4 fully saturated rings. The lowest BCUT2D eigenvalue weighted by Gasteiger charge is -2.62. The maximum absolute atomic E-state index is 13.0. The van der Waals surface area contributed by atoms with E-state index in [1.807, 2.05) is 12.1 Å². The molecule has 4 aliphatic rings. The number of rotatable bonds is 5. The van der Waals surface area contributed by atoms with Gasteiger partial charge in [0.15, 0.2) is 0 Å². The minimum Gasteiger partial charge on any atom is -0.346 e. The highest BCUT2D eigenvalue weighted by Crippen LogP contribution is 2.57. The molecule has 0 spiro atoms. The molecule has 2 aromatic rings. The van der Waals surface area contributed by atoms with Crippen molar-refractivity contribution in [2.24, 2.45) is 11.8 Å². The van der Waals surface area contributed by atoms with E-state index in [0.717, 1.165) is 32.1 Å². The second-order valence-corrected chi connectivity index (χ2v) is 9.32. The normalized spacial score (nSPS) is 31.2. The van der Waals surface area contributed by atoms with Crippen LogP contribution in [0.25, 0.3) is 6.08 Å². The molecule has 4 bridgehead atoms. The smallest absolute Gasteiger partial charge is 0.270 e. The number of carbonyl (C=O) groups is 2. The molecular formula is C24H26N4O2. The molecule has 6 rings (SSSR count). The van der Waals surface area contributed by atoms with Crippen LogP contribution in [0.15, 0.2) is 49.3 Å². The van der Waals surface area contributed by atoms with Crippen molar-refractivity contribution in [1.82, 2.24) is 20.6 Å². The lowest BCUT2D eigenvalue weighted by molar-refractivity contribution is -0.0448. The first-order valence-electron chi connectivity index (χ1n) is 10.6. The Morgan fingerprint density at radius 2 is 1.60 bits per heavy atom. The molecule has 0 saturated heterocycles. The minimum atomic E-state index is -0.279. The van der Waals surface area contributed by atoms with Gasteiger partial charge in [-0.15, -0.1) is 0 Å². The molecule has 154 valence electrons. The Morgan fingerprint density at radius 1 is 0.967 bits per heavy atom. The Balaban J connectivity index is 1.38. The fourth-order valence-corrected chi connectivity index (χ4v) is 6.37. The van der Waals surface area contributed by atoms with Gasteiger partial charge in [0.2, 0.25) is 0 Å². The van der Waals surface area contributed by atoms with Crippen LogP contribution >= 0.6 is 0 Å². The van der Waals surface area contributed by atoms with Crippen LogP contribution in [0.5, 0.6) is 0 Å². The van der Waals surface area contributed by atoms with Gasteiger partial charge in [0.25, 0.3) is 11.8 Å². The minimum absolute atomic E-state index is 0.0545. The van der Waals surface area contributed by atoms with Gasteiger partial charge in [0, 0.05) is 29.0 Å². The molecule has 2 amide bonds. The van der Waals surface area contributed by atoms with Crippen molar-refractivity contribution < 1.29 is 9.59 Å². The van der Waals surface area contributed by atoms with Crippen molar-refractivity contribution >= 4 is 17.9 Å². The van der Waals surface area contributed by atoms with E-state index in [2.05, 4.69) is 27.2 Å². The second kappa shape index (κ2) is 7.04. The molecule has 6 heteroatoms. The predicted molar refractivity (Wildman–Crippen MR) is 114 cm³/mol. The summed E-state index contributed by atoms with van der Waals surface area (Å²) >= 11 is 0. The Kier molecular flexibility index (Phi) is 4.45. The van der Waals surface area contributed by atoms with Crippen molar-refractivity contribution in [3.8, 4) is 0 Å². The Labute approximate surface area is 176 Å². The maximum Gasteiger partial charge on any atom is 0.270 e. The van der Waals surface area contributed by atoms with Crippen LogP contribution in [0, 0.1) is 11.8 Å². The van der Waals surface area contributed by atoms with Gasteiger partial charge < -0.3 is 10.6 Å². The Hall–Kier alpha value is -3.02. The highest BCUT2D eigenvalue weighted by atomic mass is 16.2. The summed E-state index contributed by atoms with van der Waals surface area (Å²) in [4.78, 5) is 34.3. The summed E-state index contributed by atoms with van der Waals surface area (Å²) < 4.78 is 0. The van der Waals surface area contributed by atoms with Crippen LogP contribution in [0.2, 0.25) is 0 Å². The summed E-state index contributed by atoms with van der Waals surface area (Å²) in [5.74, 6) is 0.853. The summed E-state index contributed by atoms with van der Waals surface area (Å²) in [6, 6.07) is 8.88. The van der Waals surface area contributed by atoms with Gasteiger partial charge in [-0.3, -0.25) is 14.6 Å². The fourth-order valence-electron chi connectivity index (χ4n) is 6.37. The summed E-state index contributed by atoms with van der Waals surface area (Å²) in [6.07, 6.45) is 10.8. The third kappa shape index (κ3) is 3.40. The van der Waals surface area contributed by atoms with Gasteiger partial charge in [-0.2, -0.15) is 0 Å². The number of aromatic nitrogens is 2. The molecule has 2 N–H and O–H groups in total. The van der Waals surface area contributed by atoms with Crippen LogP contribution in [-0.2, 0) is 0 Å². The zero-order valence-corrected chi connectivity index (χ0v) is 16.9. The molecule has 2 unspecified atom stereocenters. The third-order valence-corrected chi connectivity index (χ3v) is 6.97. The predicted octanol–water partition coefficient (Wildman–Crippen LogP) is 3.37. The molecule has 2 atom stereocenters. The SMILES string of the molecule is C=Cc1cccc(C(=O)NC23CC4CC(CC(NC(=O)c5ccncc5)(C4)C2)C3)n1. The molecular weight excluding hydrogens is 376 g/mol. The maximum atomic E-state index is 13.0. The fraction of sp³-hybridized carbons (Fsp3) is 0.417. The first-order chi connectivity index (χ1) is 14.5. The van der Waals surface area contributed by atoms with Crippen LogP contribution in [0.1, 0.15) is 65.1 Å². The number of hydrogen-bond acceptors (Lipinski definition) is 4. The van der Waals surface area contributed by atoms with E-state index < -0.39 is 0 Å². The molecule has 6 nitrogen and oxygen atoms in total. The van der Waals surface area contributed by atoms with Crippen molar-refractivity contribution in [3.63, 3.8) is 0 Å². The molecule has 4 aliphatic carbocycles. The van der Waals surface area contributed by atoms with Gasteiger partial charge in [-0.25, -0.2) is 4.98 Å². The molecule has 0 aromatic carbocycles. The summed E-state index contributed by atoms with van der Waals surface area (Å²) in [5.41, 5.74) is 1.20. The van der Waals surface area contributed by atoms with Crippen molar-refractivity contribution in [2.75, 3.05) is 0 Å². The summed E-state index contributed by atoms with van der Waals surface area (Å²) in [6.45, 7) is 3.73. The third-order valence-electron chi connectivity index (χ3n) is 6.97. The average Bonchev–Trinajstić information content (AvgIpc) is 2.72. The molecule has 0 aliphatic heterocycles. The number of nitrogens with one attached hydrogen (secondary N) is 2. The van der Waals surface area contributed by atoms with Crippen molar-refractivity contribution in [1.29, 1.82) is 0 Å². The largest absolute Gasteiger partial charge is 0.346 e. The summed E-state index contributed by atoms with van der Waals surface area (Å²) in [7, 11) is 0. The highest BCUT2D eigenvalue weighted by Gasteiger charge is 2.58. The molecule has 4 saturated carbocycles. The van der Waals surface area contributed by atoms with Crippen molar-refractivity contribution in [3.05, 3.63) is 66.3 Å². The van der Waals surface area contributed by atoms with Crippen molar-refractivity contribution in [2.45, 2.75) is 49.6 Å². The van der Waals surface area contributed by atoms with E-state index in [9.17, 15) is 9.59 Å². The zero-order valence-electron chi connectivity index (χ0n) is 16.9. The highest BCUT2D eigenvalue weighted by molar-refractivity contribution is 5.95. The van der Waals surface area contributed by atoms with Gasteiger partial charge in [0.1, 0.15) is 5.69 Å². The molecule has 2 heterocycles. The number of amides is 2. The molecule has 30 heavy (non-hydrogen) atoms. The first-order valence-corrected chi connectivity index (χ1v) is 10.6. The molecule has 0 radical (unpaired) electrons. The van der Waals surface area contributed by atoms with Gasteiger partial charge in [-0.1, -0.05) is 12.6 Å². The van der Waals surface area contributed by atoms with Crippen LogP contribution in [0.3, 0.4) is 0 Å². The zero-order chi connectivity index (χ0) is 20.8. The number of pyridine rings is 2. The second-order valence-electron chi connectivity index (χ2n) is 9.32. The van der Waals surface area contributed by atoms with Gasteiger partial charge >= 0.3 is 0 Å². The quantitative estimate of drug-likeness (QED) is 0.803. The average molecular weight is 402 g/mol. The van der Waals surface area contributed by atoms with Gasteiger partial charge in [0.05, 0.1) is 5.69 Å². The van der Waals surface area contributed by atoms with Gasteiger partial charge in [-0.05, 0) is 80.7 Å². The van der Waals surface area contributed by atoms with Crippen LogP contribution < -0.4 is 10.6 Å². The Morgan fingerprint density at radius 3 is 2.23 bits per heavy atom. The lowest BCUT2D eigenvalue weighted by Crippen LogP contribution is -2.69. The summed E-state index contributed by atoms with van der Waals surface area (Å²) in [5, 5.41) is 6.68. The Bertz CT molecular complexity index is 989. The topological polar surface area (TPSA) is 84.0 Å². The number of hydrogen-bond donors (Lipinski definition) is 2. The number of nitrogens with zero attached hydrogens (tertiary/aromatic N) is 2. The van der Waals surface area contributed by atoms with E-state index in [0.29, 0.717) is 28.8 Å². The lowest BCUT2D eigenvalue weighted by atomic mass is 9.49. The number of carbonyl (C=O) groups excluding carboxylic acids is 2. The van der Waals surface area contributed by atoms with E-state index >= 15 is 0 Å². The van der Waals surface area contributed by atoms with E-state index in [1.54, 1.807) is 36.7 Å². The monoisotopic (exact) mass is 402 g/mol. The standard InChI is InChI=1S/C24H26N4O2/c1-2-19-4-3-5-20(26-19)22(30)28-24-13-16-10-17(14-24)12-23(11-16,15-24)27-21(29)18-6-8-25-9-7-18/h2-9,16-17H,1,10-15H2,(H,27,29)(H,28,30). The van der Waals surface area contributed by atoms with Crippen LogP contribution in [0.4, 0.5) is 0 Å².